The monoisotopic (exact) mass is 558 g/mol. The number of para-hydroxylation sites is 1. The molecule has 0 aromatic heterocycles. The largest absolute Gasteiger partial charge is 0.496 e. The van der Waals surface area contributed by atoms with E-state index in [9.17, 15) is 4.79 Å². The number of nitrogens with one attached hydrogen (secondary N) is 1. The summed E-state index contributed by atoms with van der Waals surface area (Å²) in [5.41, 5.74) is 1.78. The van der Waals surface area contributed by atoms with E-state index in [-0.39, 0.29) is 25.1 Å². The van der Waals surface area contributed by atoms with E-state index in [2.05, 4.69) is 5.32 Å². The van der Waals surface area contributed by atoms with Crippen molar-refractivity contribution in [2.24, 2.45) is 0 Å². The summed E-state index contributed by atoms with van der Waals surface area (Å²) in [5.74, 6) is 1.52. The lowest BCUT2D eigenvalue weighted by Crippen LogP contribution is -2.57. The number of alkyl halides is 1. The van der Waals surface area contributed by atoms with Crippen LogP contribution >= 0.6 is 23.2 Å². The molecule has 3 aromatic carbocycles. The van der Waals surface area contributed by atoms with Crippen LogP contribution in [0.5, 0.6) is 11.5 Å². The highest BCUT2D eigenvalue weighted by molar-refractivity contribution is 6.32. The molecule has 4 rings (SSSR count). The number of amides is 1. The predicted octanol–water partition coefficient (Wildman–Crippen LogP) is 5.59. The Morgan fingerprint density at radius 1 is 1.03 bits per heavy atom. The molecule has 1 amide bonds. The van der Waals surface area contributed by atoms with Gasteiger partial charge in [0.25, 0.3) is 0 Å². The van der Waals surface area contributed by atoms with E-state index in [0.717, 1.165) is 29.2 Å². The minimum Gasteiger partial charge on any atom is -0.496 e. The number of ether oxygens (including phenoxy) is 4. The second-order valence-electron chi connectivity index (χ2n) is 8.78. The van der Waals surface area contributed by atoms with Gasteiger partial charge < -0.3 is 29.2 Å². The third-order valence-corrected chi connectivity index (χ3v) is 6.85. The minimum absolute atomic E-state index is 0.0328. The lowest BCUT2D eigenvalue weighted by molar-refractivity contribution is -0.119. The van der Waals surface area contributed by atoms with E-state index in [1.807, 2.05) is 66.7 Å². The molecule has 9 heteroatoms. The van der Waals surface area contributed by atoms with E-state index in [4.69, 9.17) is 42.1 Å². The molecule has 1 unspecified atom stereocenters. The summed E-state index contributed by atoms with van der Waals surface area (Å²) in [6.45, 7) is 2.69. The second-order valence-corrected chi connectivity index (χ2v) is 9.58. The number of halogens is 2. The Morgan fingerprint density at radius 2 is 1.79 bits per heavy atom. The highest BCUT2D eigenvalue weighted by Gasteiger charge is 2.30. The first-order valence-electron chi connectivity index (χ1n) is 12.5. The summed E-state index contributed by atoms with van der Waals surface area (Å²) in [6, 6.07) is 22.4. The lowest BCUT2D eigenvalue weighted by atomic mass is 10.1. The molecule has 0 saturated carbocycles. The zero-order chi connectivity index (χ0) is 26.7. The number of piperazine rings is 1. The molecule has 202 valence electrons. The number of carbonyl (C=O) groups is 1. The average Bonchev–Trinajstić information content (AvgIpc) is 2.94. The van der Waals surface area contributed by atoms with Gasteiger partial charge in [-0.3, -0.25) is 4.79 Å². The van der Waals surface area contributed by atoms with E-state index >= 15 is 0 Å². The molecule has 1 aliphatic rings. The fraction of sp³-hybridized carbons (Fsp3) is 0.345. The Hall–Kier alpha value is -2.81. The molecule has 1 aliphatic heterocycles. The first-order valence-corrected chi connectivity index (χ1v) is 13.3. The van der Waals surface area contributed by atoms with Gasteiger partial charge in [0.1, 0.15) is 11.5 Å². The molecule has 1 N–H and O–H groups in total. The first-order chi connectivity index (χ1) is 18.6. The van der Waals surface area contributed by atoms with Gasteiger partial charge in [0.2, 0.25) is 5.91 Å². The van der Waals surface area contributed by atoms with Gasteiger partial charge >= 0.3 is 0 Å². The number of nitrogens with zero attached hydrogens (tertiary/aromatic N) is 1. The normalized spacial score (nSPS) is 16.3. The molecule has 0 spiro atoms. The van der Waals surface area contributed by atoms with Crippen LogP contribution in [-0.2, 0) is 20.9 Å². The highest BCUT2D eigenvalue weighted by atomic mass is 35.5. The second kappa shape index (κ2) is 14.4. The number of hydrogen-bond donors (Lipinski definition) is 1. The molecular weight excluding hydrogens is 527 g/mol. The Labute approximate surface area is 233 Å². The summed E-state index contributed by atoms with van der Waals surface area (Å²) in [6.07, 6.45) is 0.748. The lowest BCUT2D eigenvalue weighted by Gasteiger charge is -2.36. The van der Waals surface area contributed by atoms with Gasteiger partial charge in [-0.15, -0.1) is 0 Å². The van der Waals surface area contributed by atoms with Crippen LogP contribution in [0.25, 0.3) is 0 Å². The summed E-state index contributed by atoms with van der Waals surface area (Å²) in [4.78, 5) is 14.5. The summed E-state index contributed by atoms with van der Waals surface area (Å²) in [7, 11) is 1.65. The zero-order valence-corrected chi connectivity index (χ0v) is 22.8. The zero-order valence-electron chi connectivity index (χ0n) is 21.3. The Bertz CT molecular complexity index is 1180. The molecule has 1 heterocycles. The van der Waals surface area contributed by atoms with Crippen molar-refractivity contribution in [1.82, 2.24) is 5.32 Å². The van der Waals surface area contributed by atoms with Crippen molar-refractivity contribution in [2.75, 3.05) is 44.9 Å². The van der Waals surface area contributed by atoms with Crippen molar-refractivity contribution in [3.8, 4) is 11.5 Å². The van der Waals surface area contributed by atoms with E-state index in [1.165, 1.54) is 0 Å². The van der Waals surface area contributed by atoms with Crippen molar-refractivity contribution in [2.45, 2.75) is 24.6 Å². The van der Waals surface area contributed by atoms with Gasteiger partial charge in [0.15, 0.2) is 5.56 Å². The third kappa shape index (κ3) is 7.62. The SMILES string of the molecule is COc1ccccc1COCCCOc1ccc(N2C(=O)CNC[C@@H]2COC(Cl)c2ccccc2Cl)cc1. The van der Waals surface area contributed by atoms with Crippen LogP contribution in [0.1, 0.15) is 23.1 Å². The molecule has 0 radical (unpaired) electrons. The number of carbonyl (C=O) groups excluding carboxylic acids is 1. The van der Waals surface area contributed by atoms with E-state index < -0.39 is 5.56 Å². The molecule has 38 heavy (non-hydrogen) atoms. The van der Waals surface area contributed by atoms with Crippen molar-refractivity contribution in [1.29, 1.82) is 0 Å². The van der Waals surface area contributed by atoms with Crippen LogP contribution in [0.3, 0.4) is 0 Å². The predicted molar refractivity (Wildman–Crippen MR) is 149 cm³/mol. The van der Waals surface area contributed by atoms with E-state index in [1.54, 1.807) is 18.1 Å². The van der Waals surface area contributed by atoms with Gasteiger partial charge in [-0.05, 0) is 36.4 Å². The smallest absolute Gasteiger partial charge is 0.241 e. The van der Waals surface area contributed by atoms with Gasteiger partial charge in [0.05, 0.1) is 46.1 Å². The van der Waals surface area contributed by atoms with Gasteiger partial charge in [-0.25, -0.2) is 0 Å². The molecule has 3 aromatic rings. The van der Waals surface area contributed by atoms with Crippen LogP contribution in [0.2, 0.25) is 5.02 Å². The highest BCUT2D eigenvalue weighted by Crippen LogP contribution is 2.30. The number of benzene rings is 3. The maximum atomic E-state index is 12.8. The molecule has 0 bridgehead atoms. The quantitative estimate of drug-likeness (QED) is 0.218. The maximum Gasteiger partial charge on any atom is 0.241 e. The van der Waals surface area contributed by atoms with Gasteiger partial charge in [-0.2, -0.15) is 0 Å². The van der Waals surface area contributed by atoms with Crippen molar-refractivity contribution >= 4 is 34.8 Å². The molecule has 7 nitrogen and oxygen atoms in total. The average molecular weight is 559 g/mol. The van der Waals surface area contributed by atoms with Gasteiger partial charge in [-0.1, -0.05) is 59.6 Å². The topological polar surface area (TPSA) is 69.3 Å². The summed E-state index contributed by atoms with van der Waals surface area (Å²) >= 11 is 12.7. The first kappa shape index (κ1) is 28.2. The van der Waals surface area contributed by atoms with Crippen LogP contribution < -0.4 is 19.7 Å². The fourth-order valence-electron chi connectivity index (χ4n) is 4.22. The van der Waals surface area contributed by atoms with Crippen molar-refractivity contribution < 1.29 is 23.7 Å². The van der Waals surface area contributed by atoms with Gasteiger partial charge in [0, 0.05) is 34.8 Å². The number of rotatable bonds is 13. The van der Waals surface area contributed by atoms with Crippen LogP contribution in [0.4, 0.5) is 5.69 Å². The third-order valence-electron chi connectivity index (χ3n) is 6.14. The van der Waals surface area contributed by atoms with Crippen molar-refractivity contribution in [3.63, 3.8) is 0 Å². The molecule has 1 saturated heterocycles. The Kier molecular flexibility index (Phi) is 10.7. The standard InChI is InChI=1S/C29H32Cl2N2O5/c1-35-27-10-5-2-7-21(27)19-36-15-6-16-37-24-13-11-22(12-14-24)33-23(17-32-18-28(33)34)20-38-29(31)25-8-3-4-9-26(25)30/h2-5,7-14,23,29,32H,6,15-20H2,1H3/t23-,29?/m1/s1. The maximum absolute atomic E-state index is 12.8. The van der Waals surface area contributed by atoms with Crippen LogP contribution in [-0.4, -0.2) is 52.0 Å². The fourth-order valence-corrected chi connectivity index (χ4v) is 4.77. The van der Waals surface area contributed by atoms with E-state index in [0.29, 0.717) is 37.0 Å². The molecule has 2 atom stereocenters. The van der Waals surface area contributed by atoms with Crippen LogP contribution in [0, 0.1) is 0 Å². The molecular formula is C29H32Cl2N2O5. The molecule has 1 fully saturated rings. The molecule has 0 aliphatic carbocycles. The number of anilines is 1. The Balaban J connectivity index is 1.25. The van der Waals surface area contributed by atoms with Crippen molar-refractivity contribution in [3.05, 3.63) is 88.9 Å². The minimum atomic E-state index is -0.711. The van der Waals surface area contributed by atoms with Crippen LogP contribution in [0.15, 0.2) is 72.8 Å². The summed E-state index contributed by atoms with van der Waals surface area (Å²) < 4.78 is 22.9. The Morgan fingerprint density at radius 3 is 2.58 bits per heavy atom. The number of methoxy groups -OCH3 is 1. The number of hydrogen-bond acceptors (Lipinski definition) is 6. The summed E-state index contributed by atoms with van der Waals surface area (Å²) in [5, 5.41) is 3.69.